The summed E-state index contributed by atoms with van der Waals surface area (Å²) in [5.41, 5.74) is 2.06. The molecule has 0 aliphatic heterocycles. The fourth-order valence-electron chi connectivity index (χ4n) is 2.76. The van der Waals surface area contributed by atoms with E-state index in [1.807, 2.05) is 30.3 Å². The molecule has 0 unspecified atom stereocenters. The summed E-state index contributed by atoms with van der Waals surface area (Å²) in [5, 5.41) is 6.55. The molecule has 0 aromatic heterocycles. The maximum atomic E-state index is 12.8. The van der Waals surface area contributed by atoms with Crippen LogP contribution in [0.15, 0.2) is 77.7 Å². The van der Waals surface area contributed by atoms with Gasteiger partial charge < -0.3 is 20.1 Å². The molecule has 0 atom stereocenters. The number of anilines is 2. The number of sulfonamides is 1. The van der Waals surface area contributed by atoms with Crippen LogP contribution in [0.2, 0.25) is 0 Å². The molecule has 0 aliphatic rings. The third-order valence-corrected chi connectivity index (χ3v) is 5.99. The van der Waals surface area contributed by atoms with Crippen LogP contribution in [-0.2, 0) is 16.6 Å². The lowest BCUT2D eigenvalue weighted by molar-refractivity contribution is 0.415. The van der Waals surface area contributed by atoms with E-state index in [2.05, 4.69) is 15.4 Å². The van der Waals surface area contributed by atoms with Crippen molar-refractivity contribution in [2.24, 2.45) is 0 Å². The molecule has 31 heavy (non-hydrogen) atoms. The van der Waals surface area contributed by atoms with E-state index in [1.165, 1.54) is 19.2 Å². The van der Waals surface area contributed by atoms with Crippen molar-refractivity contribution in [3.8, 4) is 11.5 Å². The predicted octanol–water partition coefficient (Wildman–Crippen LogP) is 3.99. The Morgan fingerprint density at radius 2 is 1.65 bits per heavy atom. The van der Waals surface area contributed by atoms with E-state index in [-0.39, 0.29) is 4.90 Å². The van der Waals surface area contributed by atoms with Gasteiger partial charge in [-0.3, -0.25) is 4.72 Å². The first kappa shape index (κ1) is 22.4. The van der Waals surface area contributed by atoms with Crippen LogP contribution in [-0.4, -0.2) is 27.7 Å². The summed E-state index contributed by atoms with van der Waals surface area (Å²) in [4.78, 5) is 0.0638. The van der Waals surface area contributed by atoms with E-state index < -0.39 is 10.0 Å². The van der Waals surface area contributed by atoms with Crippen LogP contribution in [0.1, 0.15) is 5.56 Å². The highest BCUT2D eigenvalue weighted by Gasteiger charge is 2.17. The van der Waals surface area contributed by atoms with Crippen molar-refractivity contribution in [2.45, 2.75) is 11.4 Å². The fourth-order valence-corrected chi connectivity index (χ4v) is 4.02. The van der Waals surface area contributed by atoms with Crippen LogP contribution in [0.4, 0.5) is 11.4 Å². The van der Waals surface area contributed by atoms with Gasteiger partial charge in [0, 0.05) is 18.3 Å². The van der Waals surface area contributed by atoms with E-state index >= 15 is 0 Å². The number of ether oxygens (including phenoxy) is 2. The zero-order valence-electron chi connectivity index (χ0n) is 17.1. The minimum Gasteiger partial charge on any atom is -0.497 e. The summed E-state index contributed by atoms with van der Waals surface area (Å²) in [7, 11) is -0.792. The maximum absolute atomic E-state index is 12.8. The number of rotatable bonds is 8. The van der Waals surface area contributed by atoms with Gasteiger partial charge in [-0.15, -0.1) is 0 Å². The molecule has 0 saturated carbocycles. The van der Waals surface area contributed by atoms with Gasteiger partial charge in [0.15, 0.2) is 5.11 Å². The molecular weight excluding hydrogens is 434 g/mol. The van der Waals surface area contributed by atoms with E-state index in [4.69, 9.17) is 21.7 Å². The number of hydrogen-bond acceptors (Lipinski definition) is 5. The first-order chi connectivity index (χ1) is 14.9. The molecule has 3 N–H and O–H groups in total. The number of methoxy groups -OCH3 is 2. The van der Waals surface area contributed by atoms with Crippen LogP contribution in [0.3, 0.4) is 0 Å². The lowest BCUT2D eigenvalue weighted by atomic mass is 10.2. The van der Waals surface area contributed by atoms with Gasteiger partial charge in [0.05, 0.1) is 24.8 Å². The van der Waals surface area contributed by atoms with Crippen molar-refractivity contribution in [3.05, 3.63) is 78.4 Å². The standard InChI is InChI=1S/C22H23N3O4S2/c1-28-18-10-8-17(9-11-18)25-31(26,27)19-12-13-20(21(14-19)29-2)24-22(30)23-15-16-6-4-3-5-7-16/h3-14,25H,15H2,1-2H3,(H2,23,24,30). The second kappa shape index (κ2) is 10.1. The smallest absolute Gasteiger partial charge is 0.262 e. The lowest BCUT2D eigenvalue weighted by Crippen LogP contribution is -2.28. The fraction of sp³-hybridized carbons (Fsp3) is 0.136. The maximum Gasteiger partial charge on any atom is 0.262 e. The number of hydrogen-bond donors (Lipinski definition) is 3. The zero-order chi connectivity index (χ0) is 22.3. The van der Waals surface area contributed by atoms with Crippen LogP contribution >= 0.6 is 12.2 Å². The monoisotopic (exact) mass is 457 g/mol. The molecule has 0 spiro atoms. The van der Waals surface area contributed by atoms with Gasteiger partial charge in [-0.2, -0.15) is 0 Å². The molecule has 0 amide bonds. The molecule has 0 saturated heterocycles. The molecule has 7 nitrogen and oxygen atoms in total. The van der Waals surface area contributed by atoms with Crippen molar-refractivity contribution >= 4 is 38.7 Å². The molecule has 162 valence electrons. The molecule has 0 radical (unpaired) electrons. The first-order valence-electron chi connectivity index (χ1n) is 9.35. The Morgan fingerprint density at radius 1 is 0.935 bits per heavy atom. The zero-order valence-corrected chi connectivity index (χ0v) is 18.7. The topological polar surface area (TPSA) is 88.7 Å². The first-order valence-corrected chi connectivity index (χ1v) is 11.2. The summed E-state index contributed by atoms with van der Waals surface area (Å²) in [6.07, 6.45) is 0. The second-order valence-corrected chi connectivity index (χ2v) is 8.58. The summed E-state index contributed by atoms with van der Waals surface area (Å²) < 4.78 is 38.5. The van der Waals surface area contributed by atoms with Crippen molar-refractivity contribution in [3.63, 3.8) is 0 Å². The minimum absolute atomic E-state index is 0.0638. The summed E-state index contributed by atoms with van der Waals surface area (Å²) in [6.45, 7) is 0.563. The van der Waals surface area contributed by atoms with Crippen molar-refractivity contribution in [1.82, 2.24) is 5.32 Å². The second-order valence-electron chi connectivity index (χ2n) is 6.49. The lowest BCUT2D eigenvalue weighted by Gasteiger charge is -2.15. The van der Waals surface area contributed by atoms with E-state index in [0.717, 1.165) is 5.56 Å². The van der Waals surface area contributed by atoms with Crippen molar-refractivity contribution < 1.29 is 17.9 Å². The molecule has 0 bridgehead atoms. The number of thiocarbonyl (C=S) groups is 1. The van der Waals surface area contributed by atoms with E-state index in [0.29, 0.717) is 34.5 Å². The van der Waals surface area contributed by atoms with Gasteiger partial charge >= 0.3 is 0 Å². The van der Waals surface area contributed by atoms with Gasteiger partial charge in [-0.1, -0.05) is 30.3 Å². The number of nitrogens with one attached hydrogen (secondary N) is 3. The highest BCUT2D eigenvalue weighted by atomic mass is 32.2. The average molecular weight is 458 g/mol. The van der Waals surface area contributed by atoms with Crippen molar-refractivity contribution in [2.75, 3.05) is 24.3 Å². The largest absolute Gasteiger partial charge is 0.497 e. The molecule has 3 aromatic carbocycles. The van der Waals surface area contributed by atoms with E-state index in [9.17, 15) is 8.42 Å². The Bertz CT molecular complexity index is 1140. The van der Waals surface area contributed by atoms with Crippen LogP contribution < -0.4 is 24.8 Å². The van der Waals surface area contributed by atoms with Gasteiger partial charge in [0.25, 0.3) is 10.0 Å². The third kappa shape index (κ3) is 6.09. The summed E-state index contributed by atoms with van der Waals surface area (Å²) >= 11 is 5.34. The summed E-state index contributed by atoms with van der Waals surface area (Å²) in [6, 6.07) is 21.0. The molecule has 0 aliphatic carbocycles. The molecule has 0 fully saturated rings. The Labute approximate surface area is 187 Å². The van der Waals surface area contributed by atoms with Crippen molar-refractivity contribution in [1.29, 1.82) is 0 Å². The Balaban J connectivity index is 1.70. The Kier molecular flexibility index (Phi) is 7.32. The Morgan fingerprint density at radius 3 is 2.29 bits per heavy atom. The SMILES string of the molecule is COc1ccc(NS(=O)(=O)c2ccc(NC(=S)NCc3ccccc3)c(OC)c2)cc1. The van der Waals surface area contributed by atoms with Gasteiger partial charge in [0.2, 0.25) is 0 Å². The number of benzene rings is 3. The highest BCUT2D eigenvalue weighted by Crippen LogP contribution is 2.29. The van der Waals surface area contributed by atoms with Crippen LogP contribution in [0.25, 0.3) is 0 Å². The van der Waals surface area contributed by atoms with Gasteiger partial charge in [0.1, 0.15) is 11.5 Å². The predicted molar refractivity (Wildman–Crippen MR) is 126 cm³/mol. The van der Waals surface area contributed by atoms with Gasteiger partial charge in [-0.25, -0.2) is 8.42 Å². The van der Waals surface area contributed by atoms with Crippen LogP contribution in [0.5, 0.6) is 11.5 Å². The Hall–Kier alpha value is -3.30. The molecule has 3 rings (SSSR count). The molecule has 3 aromatic rings. The molecular formula is C22H23N3O4S2. The van der Waals surface area contributed by atoms with Gasteiger partial charge in [-0.05, 0) is 54.2 Å². The molecule has 9 heteroatoms. The summed E-state index contributed by atoms with van der Waals surface area (Å²) in [5.74, 6) is 0.985. The minimum atomic E-state index is -3.80. The average Bonchev–Trinajstić information content (AvgIpc) is 2.79. The van der Waals surface area contributed by atoms with Crippen LogP contribution in [0, 0.1) is 0 Å². The molecule has 0 heterocycles. The third-order valence-electron chi connectivity index (χ3n) is 4.37. The normalized spacial score (nSPS) is 10.8. The van der Waals surface area contributed by atoms with E-state index in [1.54, 1.807) is 37.4 Å². The highest BCUT2D eigenvalue weighted by molar-refractivity contribution is 7.92. The quantitative estimate of drug-likeness (QED) is 0.441.